The van der Waals surface area contributed by atoms with E-state index in [4.69, 9.17) is 5.11 Å². The van der Waals surface area contributed by atoms with Crippen LogP contribution < -0.4 is 0 Å². The Morgan fingerprint density at radius 3 is 2.85 bits per heavy atom. The summed E-state index contributed by atoms with van der Waals surface area (Å²) in [6, 6.07) is 4.84. The van der Waals surface area contributed by atoms with Crippen LogP contribution >= 0.6 is 0 Å². The number of amides is 1. The Bertz CT molecular complexity index is 822. The Labute approximate surface area is 149 Å². The number of piperidine rings is 1. The van der Waals surface area contributed by atoms with Gasteiger partial charge in [-0.25, -0.2) is 8.78 Å². The van der Waals surface area contributed by atoms with E-state index < -0.39 is 17.6 Å². The third kappa shape index (κ3) is 4.25. The number of aliphatic carboxylic acids is 1. The van der Waals surface area contributed by atoms with E-state index in [0.717, 1.165) is 36.7 Å². The lowest BCUT2D eigenvalue weighted by Gasteiger charge is -2.32. The second-order valence-corrected chi connectivity index (χ2v) is 6.42. The monoisotopic (exact) mass is 363 g/mol. The first kappa shape index (κ1) is 18.0. The van der Waals surface area contributed by atoms with Gasteiger partial charge in [-0.1, -0.05) is 0 Å². The number of halogens is 2. The summed E-state index contributed by atoms with van der Waals surface area (Å²) in [6.45, 7) is 0.774. The molecule has 1 saturated heterocycles. The molecule has 2 heterocycles. The zero-order valence-electron chi connectivity index (χ0n) is 14.1. The van der Waals surface area contributed by atoms with Crippen LogP contribution in [-0.2, 0) is 22.6 Å². The number of carbonyl (C=O) groups excluding carboxylic acids is 1. The number of benzene rings is 1. The highest BCUT2D eigenvalue weighted by molar-refractivity contribution is 5.79. The van der Waals surface area contributed by atoms with Gasteiger partial charge < -0.3 is 10.0 Å². The Morgan fingerprint density at radius 2 is 2.08 bits per heavy atom. The molecular formula is C18H19F2N3O3. The van der Waals surface area contributed by atoms with E-state index in [2.05, 4.69) is 5.10 Å². The van der Waals surface area contributed by atoms with Crippen LogP contribution in [0.3, 0.4) is 0 Å². The smallest absolute Gasteiger partial charge is 0.325 e. The van der Waals surface area contributed by atoms with Crippen molar-refractivity contribution in [1.82, 2.24) is 14.7 Å². The predicted molar refractivity (Wildman–Crippen MR) is 88.5 cm³/mol. The van der Waals surface area contributed by atoms with Crippen molar-refractivity contribution in [3.8, 4) is 0 Å². The largest absolute Gasteiger partial charge is 0.480 e. The highest BCUT2D eigenvalue weighted by Crippen LogP contribution is 2.26. The quantitative estimate of drug-likeness (QED) is 0.884. The molecule has 1 unspecified atom stereocenters. The first-order valence-corrected chi connectivity index (χ1v) is 8.39. The molecule has 1 aliphatic heterocycles. The summed E-state index contributed by atoms with van der Waals surface area (Å²) in [5.41, 5.74) is 0.781. The standard InChI is InChI=1S/C18H19F2N3O3/c19-14-3-4-15(20)13(8-14)9-17(24)22-6-1-2-12(10-22)16-5-7-23(21-16)11-18(25)26/h3-5,7-8,12H,1-2,6,9-11H2,(H,25,26). The van der Waals surface area contributed by atoms with Gasteiger partial charge in [0.05, 0.1) is 12.1 Å². The molecule has 8 heteroatoms. The molecule has 6 nitrogen and oxygen atoms in total. The van der Waals surface area contributed by atoms with Crippen LogP contribution in [-0.4, -0.2) is 44.8 Å². The molecule has 0 saturated carbocycles. The fraction of sp³-hybridized carbons (Fsp3) is 0.389. The minimum atomic E-state index is -0.975. The fourth-order valence-electron chi connectivity index (χ4n) is 3.22. The van der Waals surface area contributed by atoms with Crippen molar-refractivity contribution >= 4 is 11.9 Å². The average Bonchev–Trinajstić information content (AvgIpc) is 3.06. The zero-order chi connectivity index (χ0) is 18.7. The molecule has 0 spiro atoms. The molecule has 1 fully saturated rings. The lowest BCUT2D eigenvalue weighted by atomic mass is 9.94. The Hall–Kier alpha value is -2.77. The van der Waals surface area contributed by atoms with Crippen LogP contribution in [0.25, 0.3) is 0 Å². The number of hydrogen-bond acceptors (Lipinski definition) is 3. The van der Waals surface area contributed by atoms with Crippen LogP contribution in [0.15, 0.2) is 30.5 Å². The number of likely N-dealkylation sites (tertiary alicyclic amines) is 1. The second kappa shape index (κ2) is 7.63. The molecule has 0 bridgehead atoms. The molecule has 1 aromatic carbocycles. The molecule has 1 amide bonds. The molecule has 1 atom stereocenters. The summed E-state index contributed by atoms with van der Waals surface area (Å²) in [6.07, 6.45) is 3.02. The molecule has 138 valence electrons. The molecule has 1 aromatic heterocycles. The van der Waals surface area contributed by atoms with Crippen molar-refractivity contribution in [3.05, 3.63) is 53.4 Å². The summed E-state index contributed by atoms with van der Waals surface area (Å²) >= 11 is 0. The van der Waals surface area contributed by atoms with Gasteiger partial charge in [0.2, 0.25) is 5.91 Å². The molecule has 1 aliphatic rings. The maximum absolute atomic E-state index is 13.7. The average molecular weight is 363 g/mol. The second-order valence-electron chi connectivity index (χ2n) is 6.42. The third-order valence-electron chi connectivity index (χ3n) is 4.50. The van der Waals surface area contributed by atoms with Gasteiger partial charge in [-0.15, -0.1) is 0 Å². The molecule has 1 N–H and O–H groups in total. The van der Waals surface area contributed by atoms with E-state index in [-0.39, 0.29) is 30.4 Å². The molecule has 3 rings (SSSR count). The van der Waals surface area contributed by atoms with Gasteiger partial charge in [0.15, 0.2) is 0 Å². The van der Waals surface area contributed by atoms with Crippen LogP contribution in [0.5, 0.6) is 0 Å². The SMILES string of the molecule is O=C(O)Cn1ccc(C2CCCN(C(=O)Cc3cc(F)ccc3F)C2)n1. The van der Waals surface area contributed by atoms with Crippen molar-refractivity contribution in [3.63, 3.8) is 0 Å². The normalized spacial score (nSPS) is 17.3. The Kier molecular flexibility index (Phi) is 5.29. The minimum absolute atomic E-state index is 0.0000938. The number of carboxylic acid groups (broad SMARTS) is 1. The summed E-state index contributed by atoms with van der Waals surface area (Å²) < 4.78 is 28.4. The van der Waals surface area contributed by atoms with E-state index in [1.165, 1.54) is 4.68 Å². The van der Waals surface area contributed by atoms with Gasteiger partial charge in [-0.2, -0.15) is 5.10 Å². The zero-order valence-corrected chi connectivity index (χ0v) is 14.1. The van der Waals surface area contributed by atoms with Crippen molar-refractivity contribution in [1.29, 1.82) is 0 Å². The lowest BCUT2D eigenvalue weighted by Crippen LogP contribution is -2.40. The maximum Gasteiger partial charge on any atom is 0.325 e. The number of carbonyl (C=O) groups is 2. The topological polar surface area (TPSA) is 75.4 Å². The van der Waals surface area contributed by atoms with E-state index in [1.807, 2.05) is 0 Å². The van der Waals surface area contributed by atoms with Gasteiger partial charge in [-0.05, 0) is 37.1 Å². The van der Waals surface area contributed by atoms with Crippen LogP contribution in [0.2, 0.25) is 0 Å². The fourth-order valence-corrected chi connectivity index (χ4v) is 3.22. The van der Waals surface area contributed by atoms with Crippen molar-refractivity contribution in [2.45, 2.75) is 31.7 Å². The number of nitrogens with zero attached hydrogens (tertiary/aromatic N) is 3. The molecule has 26 heavy (non-hydrogen) atoms. The molecular weight excluding hydrogens is 344 g/mol. The van der Waals surface area contributed by atoms with E-state index in [1.54, 1.807) is 17.2 Å². The van der Waals surface area contributed by atoms with Gasteiger partial charge in [0, 0.05) is 30.8 Å². The summed E-state index contributed by atoms with van der Waals surface area (Å²) in [4.78, 5) is 24.9. The van der Waals surface area contributed by atoms with Gasteiger partial charge in [0.25, 0.3) is 0 Å². The minimum Gasteiger partial charge on any atom is -0.480 e. The van der Waals surface area contributed by atoms with Gasteiger partial charge in [-0.3, -0.25) is 14.3 Å². The maximum atomic E-state index is 13.7. The lowest BCUT2D eigenvalue weighted by molar-refractivity contribution is -0.138. The summed E-state index contributed by atoms with van der Waals surface area (Å²) in [7, 11) is 0. The van der Waals surface area contributed by atoms with Gasteiger partial charge >= 0.3 is 5.97 Å². The van der Waals surface area contributed by atoms with Crippen molar-refractivity contribution in [2.75, 3.05) is 13.1 Å². The van der Waals surface area contributed by atoms with Crippen LogP contribution in [0.1, 0.15) is 30.0 Å². The molecule has 2 aromatic rings. The van der Waals surface area contributed by atoms with Crippen molar-refractivity contribution in [2.24, 2.45) is 0 Å². The predicted octanol–water partition coefficient (Wildman–Crippen LogP) is 2.19. The number of aromatic nitrogens is 2. The number of rotatable bonds is 5. The molecule has 0 aliphatic carbocycles. The number of carboxylic acids is 1. The highest BCUT2D eigenvalue weighted by Gasteiger charge is 2.26. The highest BCUT2D eigenvalue weighted by atomic mass is 19.1. The van der Waals surface area contributed by atoms with Crippen LogP contribution in [0, 0.1) is 11.6 Å². The van der Waals surface area contributed by atoms with E-state index in [9.17, 15) is 18.4 Å². The first-order chi connectivity index (χ1) is 12.4. The summed E-state index contributed by atoms with van der Waals surface area (Å²) in [5.74, 6) is -2.41. The number of hydrogen-bond donors (Lipinski definition) is 1. The van der Waals surface area contributed by atoms with E-state index in [0.29, 0.717) is 13.1 Å². The Balaban J connectivity index is 1.66. The molecule has 0 radical (unpaired) electrons. The first-order valence-electron chi connectivity index (χ1n) is 8.39. The van der Waals surface area contributed by atoms with Crippen molar-refractivity contribution < 1.29 is 23.5 Å². The van der Waals surface area contributed by atoms with Gasteiger partial charge in [0.1, 0.15) is 18.2 Å². The van der Waals surface area contributed by atoms with Crippen LogP contribution in [0.4, 0.5) is 8.78 Å². The Morgan fingerprint density at radius 1 is 1.27 bits per heavy atom. The van der Waals surface area contributed by atoms with E-state index >= 15 is 0 Å². The third-order valence-corrected chi connectivity index (χ3v) is 4.50. The summed E-state index contributed by atoms with van der Waals surface area (Å²) in [5, 5.41) is 13.1.